The van der Waals surface area contributed by atoms with Crippen LogP contribution in [0.1, 0.15) is 55.3 Å². The Kier molecular flexibility index (Phi) is 4.68. The molecule has 3 heterocycles. The number of aromatic amines is 1. The summed E-state index contributed by atoms with van der Waals surface area (Å²) in [6.45, 7) is 3.32. The maximum atomic E-state index is 13.0. The van der Waals surface area contributed by atoms with Gasteiger partial charge >= 0.3 is 6.09 Å². The van der Waals surface area contributed by atoms with Gasteiger partial charge in [-0.15, -0.1) is 0 Å². The van der Waals surface area contributed by atoms with Gasteiger partial charge in [0.05, 0.1) is 6.61 Å². The minimum Gasteiger partial charge on any atom is -0.449 e. The van der Waals surface area contributed by atoms with Gasteiger partial charge in [0.15, 0.2) is 0 Å². The van der Waals surface area contributed by atoms with E-state index in [4.69, 9.17) is 4.74 Å². The molecule has 1 unspecified atom stereocenters. The Morgan fingerprint density at radius 2 is 1.53 bits per heavy atom. The molecule has 8 rings (SSSR count). The molecule has 2 aliphatic heterocycles. The van der Waals surface area contributed by atoms with Crippen molar-refractivity contribution in [2.75, 3.05) is 32.8 Å². The van der Waals surface area contributed by atoms with E-state index in [1.165, 1.54) is 38.5 Å². The molecule has 2 aromatic rings. The number of carbonyl (C=O) groups excluding carboxylic acids is 2. The Balaban J connectivity index is 0.910. The van der Waals surface area contributed by atoms with E-state index in [-0.39, 0.29) is 12.0 Å². The molecule has 180 valence electrons. The number of hydrogen-bond acceptors (Lipinski definition) is 5. The molecular formula is C26H33N5O3. The first-order valence-electron chi connectivity index (χ1n) is 13.1. The monoisotopic (exact) mass is 463 g/mol. The van der Waals surface area contributed by atoms with Crippen LogP contribution in [-0.2, 0) is 4.74 Å². The van der Waals surface area contributed by atoms with Gasteiger partial charge < -0.3 is 14.5 Å². The van der Waals surface area contributed by atoms with Gasteiger partial charge in [-0.2, -0.15) is 15.4 Å². The van der Waals surface area contributed by atoms with Crippen LogP contribution in [0.3, 0.4) is 0 Å². The SMILES string of the molecule is O=C(OCCC12CC3CC(CC(C3)C1)C2)N1CC2CN(C(=O)c3ccc4n[nH]nc4c3)C[C@H]2C1. The number of likely N-dealkylation sites (tertiary alicyclic amines) is 2. The summed E-state index contributed by atoms with van der Waals surface area (Å²) in [6, 6.07) is 5.43. The van der Waals surface area contributed by atoms with Crippen molar-refractivity contribution in [3.63, 3.8) is 0 Å². The second-order valence-corrected chi connectivity index (χ2v) is 11.9. The summed E-state index contributed by atoms with van der Waals surface area (Å²) in [5, 5.41) is 10.7. The first-order chi connectivity index (χ1) is 16.5. The zero-order valence-corrected chi connectivity index (χ0v) is 19.6. The van der Waals surface area contributed by atoms with Crippen molar-refractivity contribution in [1.29, 1.82) is 0 Å². The van der Waals surface area contributed by atoms with Crippen molar-refractivity contribution in [2.24, 2.45) is 35.0 Å². The van der Waals surface area contributed by atoms with Crippen LogP contribution >= 0.6 is 0 Å². The molecule has 1 aromatic carbocycles. The lowest BCUT2D eigenvalue weighted by Crippen LogP contribution is -2.46. The van der Waals surface area contributed by atoms with Gasteiger partial charge in [-0.3, -0.25) is 4.79 Å². The summed E-state index contributed by atoms with van der Waals surface area (Å²) in [4.78, 5) is 29.6. The normalized spacial score (nSPS) is 35.8. The number of H-pyrrole nitrogens is 1. The van der Waals surface area contributed by atoms with Crippen LogP contribution in [0.4, 0.5) is 4.79 Å². The van der Waals surface area contributed by atoms with E-state index < -0.39 is 0 Å². The molecule has 6 fully saturated rings. The molecule has 1 aromatic heterocycles. The van der Waals surface area contributed by atoms with Crippen molar-refractivity contribution >= 4 is 23.0 Å². The molecule has 2 atom stereocenters. The summed E-state index contributed by atoms with van der Waals surface area (Å²) in [6.07, 6.45) is 9.31. The summed E-state index contributed by atoms with van der Waals surface area (Å²) < 4.78 is 5.80. The molecule has 4 saturated carbocycles. The Bertz CT molecular complexity index is 1080. The summed E-state index contributed by atoms with van der Waals surface area (Å²) in [5.41, 5.74) is 2.55. The van der Waals surface area contributed by atoms with Crippen LogP contribution < -0.4 is 0 Å². The maximum absolute atomic E-state index is 13.0. The molecule has 0 radical (unpaired) electrons. The van der Waals surface area contributed by atoms with Gasteiger partial charge in [-0.25, -0.2) is 4.79 Å². The maximum Gasteiger partial charge on any atom is 0.409 e. The number of hydrogen-bond donors (Lipinski definition) is 1. The average Bonchev–Trinajstić information content (AvgIpc) is 3.51. The second-order valence-electron chi connectivity index (χ2n) is 11.9. The molecule has 2 saturated heterocycles. The number of carbonyl (C=O) groups is 2. The topological polar surface area (TPSA) is 91.4 Å². The predicted octanol–water partition coefficient (Wildman–Crippen LogP) is 3.70. The minimum atomic E-state index is -0.159. The van der Waals surface area contributed by atoms with Gasteiger partial charge in [0.2, 0.25) is 0 Å². The third-order valence-corrected chi connectivity index (χ3v) is 9.62. The van der Waals surface area contributed by atoms with E-state index in [0.717, 1.165) is 29.7 Å². The van der Waals surface area contributed by atoms with Crippen LogP contribution in [0.2, 0.25) is 0 Å². The van der Waals surface area contributed by atoms with Gasteiger partial charge in [0, 0.05) is 43.6 Å². The Hall–Kier alpha value is -2.64. The van der Waals surface area contributed by atoms with Crippen LogP contribution in [0.25, 0.3) is 11.0 Å². The fraction of sp³-hybridized carbons (Fsp3) is 0.692. The Morgan fingerprint density at radius 1 is 0.912 bits per heavy atom. The number of ether oxygens (including phenoxy) is 1. The van der Waals surface area contributed by atoms with Gasteiger partial charge in [0.25, 0.3) is 5.91 Å². The molecule has 2 amide bonds. The van der Waals surface area contributed by atoms with E-state index in [1.807, 2.05) is 21.9 Å². The third kappa shape index (κ3) is 3.48. The molecular weight excluding hydrogens is 430 g/mol. The van der Waals surface area contributed by atoms with Crippen molar-refractivity contribution in [3.8, 4) is 0 Å². The van der Waals surface area contributed by atoms with E-state index >= 15 is 0 Å². The van der Waals surface area contributed by atoms with Crippen LogP contribution in [0.15, 0.2) is 18.2 Å². The van der Waals surface area contributed by atoms with Crippen molar-refractivity contribution < 1.29 is 14.3 Å². The highest BCUT2D eigenvalue weighted by atomic mass is 16.6. The highest BCUT2D eigenvalue weighted by Crippen LogP contribution is 2.61. The van der Waals surface area contributed by atoms with E-state index in [0.29, 0.717) is 61.1 Å². The Labute approximate surface area is 199 Å². The van der Waals surface area contributed by atoms with Crippen LogP contribution in [0.5, 0.6) is 0 Å². The first-order valence-corrected chi connectivity index (χ1v) is 13.1. The predicted molar refractivity (Wildman–Crippen MR) is 125 cm³/mol. The fourth-order valence-electron chi connectivity index (χ4n) is 8.51. The third-order valence-electron chi connectivity index (χ3n) is 9.62. The number of aromatic nitrogens is 3. The summed E-state index contributed by atoms with van der Waals surface area (Å²) in [5.74, 6) is 3.49. The zero-order valence-electron chi connectivity index (χ0n) is 19.6. The van der Waals surface area contributed by atoms with Crippen LogP contribution in [-0.4, -0.2) is 70.0 Å². The second kappa shape index (κ2) is 7.68. The zero-order chi connectivity index (χ0) is 22.9. The summed E-state index contributed by atoms with van der Waals surface area (Å²) in [7, 11) is 0. The number of amides is 2. The number of nitrogens with one attached hydrogen (secondary N) is 1. The van der Waals surface area contributed by atoms with Crippen molar-refractivity contribution in [3.05, 3.63) is 23.8 Å². The molecule has 8 nitrogen and oxygen atoms in total. The highest BCUT2D eigenvalue weighted by molar-refractivity contribution is 5.97. The molecule has 1 N–H and O–H groups in total. The average molecular weight is 464 g/mol. The molecule has 34 heavy (non-hydrogen) atoms. The molecule has 4 bridgehead atoms. The van der Waals surface area contributed by atoms with Gasteiger partial charge in [-0.05, 0) is 86.3 Å². The number of nitrogens with zero attached hydrogens (tertiary/aromatic N) is 4. The lowest BCUT2D eigenvalue weighted by atomic mass is 9.49. The first kappa shape index (κ1) is 20.7. The van der Waals surface area contributed by atoms with Gasteiger partial charge in [0.1, 0.15) is 11.0 Å². The fourth-order valence-corrected chi connectivity index (χ4v) is 8.51. The van der Waals surface area contributed by atoms with E-state index in [2.05, 4.69) is 15.4 Å². The lowest BCUT2D eigenvalue weighted by Gasteiger charge is -2.57. The van der Waals surface area contributed by atoms with Crippen LogP contribution in [0, 0.1) is 35.0 Å². The largest absolute Gasteiger partial charge is 0.449 e. The Morgan fingerprint density at radius 3 is 2.21 bits per heavy atom. The lowest BCUT2D eigenvalue weighted by molar-refractivity contribution is -0.0652. The standard InChI is InChI=1S/C26H33N5O3/c32-24(19-1-2-22-23(8-19)28-29-27-22)30-12-20-14-31(15-21(20)13-30)25(33)34-4-3-26-9-16-5-17(10-26)7-18(6-16)11-26/h1-2,8,16-18,20-21H,3-7,9-15H2,(H,27,28,29)/t16?,17?,18?,20-,21?,26?/m0/s1. The smallest absolute Gasteiger partial charge is 0.409 e. The highest BCUT2D eigenvalue weighted by Gasteiger charge is 2.50. The van der Waals surface area contributed by atoms with E-state index in [1.54, 1.807) is 6.07 Å². The molecule has 8 heteroatoms. The number of benzene rings is 1. The number of fused-ring (bicyclic) bond motifs is 2. The van der Waals surface area contributed by atoms with Gasteiger partial charge in [-0.1, -0.05) is 0 Å². The number of rotatable bonds is 4. The molecule has 6 aliphatic rings. The van der Waals surface area contributed by atoms with Crippen molar-refractivity contribution in [1.82, 2.24) is 25.2 Å². The molecule has 0 spiro atoms. The van der Waals surface area contributed by atoms with Crippen molar-refractivity contribution in [2.45, 2.75) is 44.9 Å². The quantitative estimate of drug-likeness (QED) is 0.747. The summed E-state index contributed by atoms with van der Waals surface area (Å²) >= 11 is 0. The van der Waals surface area contributed by atoms with E-state index in [9.17, 15) is 9.59 Å². The minimum absolute atomic E-state index is 0.0315. The molecule has 4 aliphatic carbocycles.